The highest BCUT2D eigenvalue weighted by molar-refractivity contribution is 9.10. The maximum Gasteiger partial charge on any atom is 0.433 e. The van der Waals surface area contributed by atoms with Gasteiger partial charge in [-0.3, -0.25) is 9.48 Å². The first-order chi connectivity index (χ1) is 15.6. The predicted octanol–water partition coefficient (Wildman–Crippen LogP) is 5.16. The molecule has 0 aliphatic rings. The van der Waals surface area contributed by atoms with Gasteiger partial charge in [0.15, 0.2) is 17.0 Å². The zero-order chi connectivity index (χ0) is 23.8. The van der Waals surface area contributed by atoms with E-state index in [0.717, 1.165) is 16.2 Å². The van der Waals surface area contributed by atoms with E-state index in [9.17, 15) is 18.0 Å². The summed E-state index contributed by atoms with van der Waals surface area (Å²) in [6.07, 6.45) is -2.28. The van der Waals surface area contributed by atoms with Crippen LogP contribution in [0.5, 0.6) is 0 Å². The summed E-state index contributed by atoms with van der Waals surface area (Å²) in [5.41, 5.74) is 0.139. The Balaban J connectivity index is 1.54. The largest absolute Gasteiger partial charge is 0.433 e. The predicted molar refractivity (Wildman–Crippen MR) is 120 cm³/mol. The van der Waals surface area contributed by atoms with Crippen molar-refractivity contribution in [2.24, 2.45) is 0 Å². The second kappa shape index (κ2) is 9.14. The highest BCUT2D eigenvalue weighted by Crippen LogP contribution is 2.32. The quantitative estimate of drug-likeness (QED) is 0.342. The lowest BCUT2D eigenvalue weighted by atomic mass is 10.1. The number of nitrogens with one attached hydrogen (secondary N) is 1. The molecule has 0 aliphatic carbocycles. The molecule has 0 radical (unpaired) electrons. The lowest BCUT2D eigenvalue weighted by molar-refractivity contribution is -0.142. The normalized spacial score (nSPS) is 11.8. The van der Waals surface area contributed by atoms with E-state index < -0.39 is 17.8 Å². The topological polar surface area (TPSA) is 77.1 Å². The van der Waals surface area contributed by atoms with E-state index >= 15 is 0 Å². The summed E-state index contributed by atoms with van der Waals surface area (Å²) in [6, 6.07) is 8.41. The van der Waals surface area contributed by atoms with Crippen LogP contribution in [0.4, 0.5) is 13.2 Å². The Labute approximate surface area is 199 Å². The van der Waals surface area contributed by atoms with Gasteiger partial charge in [-0.05, 0) is 47.5 Å². The number of fused-ring (bicyclic) bond motifs is 1. The summed E-state index contributed by atoms with van der Waals surface area (Å²) >= 11 is 9.25. The second-order valence-electron chi connectivity index (χ2n) is 7.27. The fourth-order valence-corrected chi connectivity index (χ4v) is 3.64. The van der Waals surface area contributed by atoms with Gasteiger partial charge in [-0.25, -0.2) is 9.50 Å². The highest BCUT2D eigenvalue weighted by Gasteiger charge is 2.35. The summed E-state index contributed by atoms with van der Waals surface area (Å²) in [5.74, 6) is -0.584. The number of carbonyl (C=O) groups excluding carboxylic acids is 1. The van der Waals surface area contributed by atoms with Crippen LogP contribution in [0.3, 0.4) is 0 Å². The van der Waals surface area contributed by atoms with Crippen LogP contribution in [-0.4, -0.2) is 36.8 Å². The third kappa shape index (κ3) is 5.19. The van der Waals surface area contributed by atoms with Gasteiger partial charge in [0.2, 0.25) is 0 Å². The number of hydrogen-bond acceptors (Lipinski definition) is 4. The first-order valence-electron chi connectivity index (χ1n) is 9.83. The number of nitrogens with zero attached hydrogens (tertiary/aromatic N) is 5. The number of carbonyl (C=O) groups is 1. The fourth-order valence-electron chi connectivity index (χ4n) is 3.20. The molecule has 0 aliphatic heterocycles. The fraction of sp³-hybridized carbons (Fsp3) is 0.238. The molecule has 0 saturated carbocycles. The van der Waals surface area contributed by atoms with Crippen molar-refractivity contribution in [2.75, 3.05) is 6.54 Å². The third-order valence-corrected chi connectivity index (χ3v) is 5.86. The number of hydrogen-bond donors (Lipinski definition) is 1. The van der Waals surface area contributed by atoms with Crippen LogP contribution in [0.2, 0.25) is 5.02 Å². The molecule has 1 aromatic carbocycles. The molecule has 0 bridgehead atoms. The standard InChI is InChI=1S/C21H17BrClF3N6O/c1-12-15(22)11-31(29-12)8-2-7-27-20(33)17-10-19-28-16(13-3-5-14(23)6-4-13)9-18(21(24,25)26)32(19)30-17/h3-6,9-11H,2,7-8H2,1H3,(H,27,33). The number of benzene rings is 1. The van der Waals surface area contributed by atoms with Crippen LogP contribution in [0.15, 0.2) is 47.1 Å². The van der Waals surface area contributed by atoms with Gasteiger partial charge in [0.1, 0.15) is 0 Å². The molecule has 0 spiro atoms. The minimum atomic E-state index is -4.70. The van der Waals surface area contributed by atoms with Crippen molar-refractivity contribution < 1.29 is 18.0 Å². The third-order valence-electron chi connectivity index (χ3n) is 4.83. The molecular formula is C21H17BrClF3N6O. The average molecular weight is 542 g/mol. The average Bonchev–Trinajstić information content (AvgIpc) is 3.33. The van der Waals surface area contributed by atoms with Crippen molar-refractivity contribution in [3.05, 3.63) is 69.2 Å². The van der Waals surface area contributed by atoms with Crippen molar-refractivity contribution in [1.82, 2.24) is 29.7 Å². The summed E-state index contributed by atoms with van der Waals surface area (Å²) in [5, 5.41) is 11.3. The molecule has 172 valence electrons. The van der Waals surface area contributed by atoms with Crippen LogP contribution >= 0.6 is 27.5 Å². The molecule has 0 fully saturated rings. The number of rotatable bonds is 6. The Morgan fingerprint density at radius 3 is 2.55 bits per heavy atom. The first-order valence-corrected chi connectivity index (χ1v) is 11.0. The van der Waals surface area contributed by atoms with E-state index in [1.165, 1.54) is 6.07 Å². The molecule has 0 saturated heterocycles. The maximum atomic E-state index is 13.7. The summed E-state index contributed by atoms with van der Waals surface area (Å²) in [6.45, 7) is 2.74. The first kappa shape index (κ1) is 23.2. The molecule has 1 amide bonds. The van der Waals surface area contributed by atoms with E-state index in [4.69, 9.17) is 11.6 Å². The molecular weight excluding hydrogens is 525 g/mol. The number of aromatic nitrogens is 5. The van der Waals surface area contributed by atoms with Crippen molar-refractivity contribution in [1.29, 1.82) is 0 Å². The lowest BCUT2D eigenvalue weighted by Gasteiger charge is -2.11. The minimum Gasteiger partial charge on any atom is -0.351 e. The maximum absolute atomic E-state index is 13.7. The van der Waals surface area contributed by atoms with Crippen LogP contribution in [0.25, 0.3) is 16.9 Å². The smallest absolute Gasteiger partial charge is 0.351 e. The van der Waals surface area contributed by atoms with Gasteiger partial charge in [0, 0.05) is 35.9 Å². The molecule has 4 aromatic rings. The Bertz CT molecular complexity index is 1300. The van der Waals surface area contributed by atoms with E-state index in [2.05, 4.69) is 36.4 Å². The summed E-state index contributed by atoms with van der Waals surface area (Å²) in [4.78, 5) is 16.8. The minimum absolute atomic E-state index is 0.0863. The molecule has 3 heterocycles. The SMILES string of the molecule is Cc1nn(CCCNC(=O)c2cc3nc(-c4ccc(Cl)cc4)cc(C(F)(F)F)n3n2)cc1Br. The molecule has 7 nitrogen and oxygen atoms in total. The zero-order valence-electron chi connectivity index (χ0n) is 17.2. The Hall–Kier alpha value is -2.92. The van der Waals surface area contributed by atoms with Gasteiger partial charge >= 0.3 is 6.18 Å². The van der Waals surface area contributed by atoms with Gasteiger partial charge in [0.05, 0.1) is 15.9 Å². The molecule has 0 atom stereocenters. The monoisotopic (exact) mass is 540 g/mol. The van der Waals surface area contributed by atoms with Crippen molar-refractivity contribution in [3.63, 3.8) is 0 Å². The van der Waals surface area contributed by atoms with E-state index in [1.807, 2.05) is 13.1 Å². The Morgan fingerprint density at radius 2 is 1.91 bits per heavy atom. The van der Waals surface area contributed by atoms with Crippen LogP contribution in [0, 0.1) is 6.92 Å². The lowest BCUT2D eigenvalue weighted by Crippen LogP contribution is -2.26. The second-order valence-corrected chi connectivity index (χ2v) is 8.56. The van der Waals surface area contributed by atoms with E-state index in [0.29, 0.717) is 34.6 Å². The summed E-state index contributed by atoms with van der Waals surface area (Å²) < 4.78 is 44.4. The Morgan fingerprint density at radius 1 is 1.18 bits per heavy atom. The van der Waals surface area contributed by atoms with Crippen LogP contribution in [0.1, 0.15) is 28.3 Å². The zero-order valence-corrected chi connectivity index (χ0v) is 19.5. The van der Waals surface area contributed by atoms with Gasteiger partial charge in [-0.2, -0.15) is 23.4 Å². The van der Waals surface area contributed by atoms with Crippen molar-refractivity contribution in [3.8, 4) is 11.3 Å². The molecule has 33 heavy (non-hydrogen) atoms. The number of halogens is 5. The van der Waals surface area contributed by atoms with Crippen molar-refractivity contribution >= 4 is 39.1 Å². The van der Waals surface area contributed by atoms with Gasteiger partial charge in [0.25, 0.3) is 5.91 Å². The number of aryl methyl sites for hydroxylation is 2. The molecule has 12 heteroatoms. The van der Waals surface area contributed by atoms with Gasteiger partial charge in [-0.1, -0.05) is 23.7 Å². The van der Waals surface area contributed by atoms with Crippen LogP contribution < -0.4 is 5.32 Å². The number of alkyl halides is 3. The summed E-state index contributed by atoms with van der Waals surface area (Å²) in [7, 11) is 0. The van der Waals surface area contributed by atoms with Gasteiger partial charge in [-0.15, -0.1) is 0 Å². The molecule has 3 aromatic heterocycles. The Kier molecular flexibility index (Phi) is 6.44. The van der Waals surface area contributed by atoms with E-state index in [-0.39, 0.29) is 17.0 Å². The van der Waals surface area contributed by atoms with Gasteiger partial charge < -0.3 is 5.32 Å². The molecule has 0 unspecified atom stereocenters. The highest BCUT2D eigenvalue weighted by atomic mass is 79.9. The molecule has 4 rings (SSSR count). The van der Waals surface area contributed by atoms with Crippen LogP contribution in [-0.2, 0) is 12.7 Å². The molecule has 1 N–H and O–H groups in total. The van der Waals surface area contributed by atoms with E-state index in [1.54, 1.807) is 28.9 Å². The van der Waals surface area contributed by atoms with Crippen molar-refractivity contribution in [2.45, 2.75) is 26.1 Å². The number of amides is 1.